The van der Waals surface area contributed by atoms with Gasteiger partial charge in [-0.15, -0.1) is 0 Å². The summed E-state index contributed by atoms with van der Waals surface area (Å²) in [6.45, 7) is 3.79. The third-order valence-electron chi connectivity index (χ3n) is 4.27. The largest absolute Gasteiger partial charge is 0.497 e. The molecule has 0 fully saturated rings. The number of nitrogens with one attached hydrogen (secondary N) is 1. The summed E-state index contributed by atoms with van der Waals surface area (Å²) in [5, 5.41) is 2.86. The summed E-state index contributed by atoms with van der Waals surface area (Å²) in [7, 11) is 3.10. The van der Waals surface area contributed by atoms with Crippen molar-refractivity contribution in [1.82, 2.24) is 0 Å². The molecule has 0 atom stereocenters. The van der Waals surface area contributed by atoms with Crippen molar-refractivity contribution < 1.29 is 19.1 Å². The maximum atomic E-state index is 12.3. The molecule has 0 unspecified atom stereocenters. The molecule has 0 saturated carbocycles. The number of rotatable bonds is 8. The Morgan fingerprint density at radius 2 is 1.74 bits per heavy atom. The molecular formula is C21H26N2O4. The fourth-order valence-electron chi connectivity index (χ4n) is 2.72. The normalized spacial score (nSPS) is 10.2. The first kappa shape index (κ1) is 20.3. The number of hydrogen-bond acceptors (Lipinski definition) is 4. The maximum Gasteiger partial charge on any atom is 0.226 e. The van der Waals surface area contributed by atoms with Gasteiger partial charge in [-0.05, 0) is 36.2 Å². The molecule has 6 heteroatoms. The van der Waals surface area contributed by atoms with Gasteiger partial charge in [0.2, 0.25) is 11.8 Å². The Morgan fingerprint density at radius 1 is 1.04 bits per heavy atom. The van der Waals surface area contributed by atoms with Crippen LogP contribution in [0.25, 0.3) is 0 Å². The van der Waals surface area contributed by atoms with Crippen LogP contribution in [0, 0.1) is 0 Å². The minimum absolute atomic E-state index is 0.155. The summed E-state index contributed by atoms with van der Waals surface area (Å²) >= 11 is 0. The standard InChI is InChI=1S/C21H26N2O4/c1-5-16-6-8-17(9-7-16)22-21(25)12-13-23(15(2)24)19-11-10-18(26-3)14-20(19)27-4/h6-11,14H,5,12-13H2,1-4H3,(H,22,25). The van der Waals surface area contributed by atoms with Crippen LogP contribution in [0.4, 0.5) is 11.4 Å². The number of aryl methyl sites for hydroxylation is 1. The maximum absolute atomic E-state index is 12.3. The number of amides is 2. The molecule has 6 nitrogen and oxygen atoms in total. The number of ether oxygens (including phenoxy) is 2. The average Bonchev–Trinajstić information content (AvgIpc) is 2.68. The van der Waals surface area contributed by atoms with Crippen molar-refractivity contribution in [2.24, 2.45) is 0 Å². The van der Waals surface area contributed by atoms with Crippen LogP contribution < -0.4 is 19.7 Å². The fraction of sp³-hybridized carbons (Fsp3) is 0.333. The fourth-order valence-corrected chi connectivity index (χ4v) is 2.72. The van der Waals surface area contributed by atoms with E-state index in [9.17, 15) is 9.59 Å². The topological polar surface area (TPSA) is 67.9 Å². The van der Waals surface area contributed by atoms with Gasteiger partial charge in [0.15, 0.2) is 0 Å². The van der Waals surface area contributed by atoms with Gasteiger partial charge in [-0.2, -0.15) is 0 Å². The van der Waals surface area contributed by atoms with Gasteiger partial charge in [0.05, 0.1) is 19.9 Å². The molecule has 0 aromatic heterocycles. The second kappa shape index (κ2) is 9.62. The van der Waals surface area contributed by atoms with E-state index in [2.05, 4.69) is 12.2 Å². The third kappa shape index (κ3) is 5.48. The molecule has 0 aliphatic rings. The van der Waals surface area contributed by atoms with E-state index in [1.165, 1.54) is 24.5 Å². The number of benzene rings is 2. The molecule has 0 radical (unpaired) electrons. The molecule has 0 saturated heterocycles. The van der Waals surface area contributed by atoms with Gasteiger partial charge in [-0.1, -0.05) is 19.1 Å². The molecule has 2 aromatic rings. The summed E-state index contributed by atoms with van der Waals surface area (Å²) in [4.78, 5) is 25.9. The Morgan fingerprint density at radius 3 is 2.30 bits per heavy atom. The number of methoxy groups -OCH3 is 2. The first-order valence-corrected chi connectivity index (χ1v) is 8.87. The zero-order valence-electron chi connectivity index (χ0n) is 16.2. The molecule has 1 N–H and O–H groups in total. The van der Waals surface area contributed by atoms with Crippen molar-refractivity contribution >= 4 is 23.2 Å². The Kier molecular flexibility index (Phi) is 7.23. The molecule has 0 bridgehead atoms. The van der Waals surface area contributed by atoms with E-state index in [0.29, 0.717) is 17.2 Å². The van der Waals surface area contributed by atoms with E-state index in [1.54, 1.807) is 25.3 Å². The number of anilines is 2. The highest BCUT2D eigenvalue weighted by atomic mass is 16.5. The van der Waals surface area contributed by atoms with E-state index in [0.717, 1.165) is 12.1 Å². The first-order valence-electron chi connectivity index (χ1n) is 8.87. The molecule has 0 aliphatic heterocycles. The third-order valence-corrected chi connectivity index (χ3v) is 4.27. The Hall–Kier alpha value is -3.02. The summed E-state index contributed by atoms with van der Waals surface area (Å²) in [5.74, 6) is 0.823. The lowest BCUT2D eigenvalue weighted by atomic mass is 10.1. The van der Waals surface area contributed by atoms with Crippen LogP contribution in [-0.2, 0) is 16.0 Å². The highest BCUT2D eigenvalue weighted by Crippen LogP contribution is 2.32. The van der Waals surface area contributed by atoms with Crippen molar-refractivity contribution in [2.45, 2.75) is 26.7 Å². The molecule has 0 heterocycles. The van der Waals surface area contributed by atoms with Gasteiger partial charge in [0.1, 0.15) is 11.5 Å². The van der Waals surface area contributed by atoms with Gasteiger partial charge in [0, 0.05) is 31.6 Å². The van der Waals surface area contributed by atoms with E-state index < -0.39 is 0 Å². The Balaban J connectivity index is 2.05. The second-order valence-electron chi connectivity index (χ2n) is 6.06. The SMILES string of the molecule is CCc1ccc(NC(=O)CCN(C(C)=O)c2ccc(OC)cc2OC)cc1. The van der Waals surface area contributed by atoms with Crippen LogP contribution >= 0.6 is 0 Å². The average molecular weight is 370 g/mol. The smallest absolute Gasteiger partial charge is 0.226 e. The molecular weight excluding hydrogens is 344 g/mol. The molecule has 0 spiro atoms. The minimum Gasteiger partial charge on any atom is -0.497 e. The quantitative estimate of drug-likeness (QED) is 0.770. The number of carbonyl (C=O) groups is 2. The van der Waals surface area contributed by atoms with E-state index in [4.69, 9.17) is 9.47 Å². The summed E-state index contributed by atoms with van der Waals surface area (Å²) in [6, 6.07) is 12.9. The van der Waals surface area contributed by atoms with Crippen molar-refractivity contribution in [2.75, 3.05) is 31.0 Å². The van der Waals surface area contributed by atoms with E-state index in [1.807, 2.05) is 24.3 Å². The van der Waals surface area contributed by atoms with Gasteiger partial charge in [0.25, 0.3) is 0 Å². The van der Waals surface area contributed by atoms with Crippen LogP contribution in [0.3, 0.4) is 0 Å². The van der Waals surface area contributed by atoms with Crippen LogP contribution in [-0.4, -0.2) is 32.6 Å². The summed E-state index contributed by atoms with van der Waals surface area (Å²) in [5.41, 5.74) is 2.56. The van der Waals surface area contributed by atoms with Crippen LogP contribution in [0.2, 0.25) is 0 Å². The van der Waals surface area contributed by atoms with Gasteiger partial charge in [-0.3, -0.25) is 9.59 Å². The number of nitrogens with zero attached hydrogens (tertiary/aromatic N) is 1. The molecule has 2 amide bonds. The predicted octanol–water partition coefficient (Wildman–Crippen LogP) is 3.65. The minimum atomic E-state index is -0.168. The number of hydrogen-bond donors (Lipinski definition) is 1. The predicted molar refractivity (Wildman–Crippen MR) is 107 cm³/mol. The van der Waals surface area contributed by atoms with E-state index in [-0.39, 0.29) is 24.8 Å². The molecule has 2 aromatic carbocycles. The van der Waals surface area contributed by atoms with Gasteiger partial charge in [-0.25, -0.2) is 0 Å². The second-order valence-corrected chi connectivity index (χ2v) is 6.06. The van der Waals surface area contributed by atoms with Crippen molar-refractivity contribution in [3.05, 3.63) is 48.0 Å². The zero-order chi connectivity index (χ0) is 19.8. The summed E-state index contributed by atoms with van der Waals surface area (Å²) < 4.78 is 10.6. The van der Waals surface area contributed by atoms with Crippen LogP contribution in [0.15, 0.2) is 42.5 Å². The zero-order valence-corrected chi connectivity index (χ0v) is 16.2. The van der Waals surface area contributed by atoms with Gasteiger partial charge < -0.3 is 19.7 Å². The Labute approximate surface area is 160 Å². The van der Waals surface area contributed by atoms with Crippen molar-refractivity contribution in [3.63, 3.8) is 0 Å². The van der Waals surface area contributed by atoms with E-state index >= 15 is 0 Å². The van der Waals surface area contributed by atoms with Crippen LogP contribution in [0.5, 0.6) is 11.5 Å². The monoisotopic (exact) mass is 370 g/mol. The molecule has 0 aliphatic carbocycles. The van der Waals surface area contributed by atoms with Gasteiger partial charge >= 0.3 is 0 Å². The lowest BCUT2D eigenvalue weighted by molar-refractivity contribution is -0.117. The number of carbonyl (C=O) groups excluding carboxylic acids is 2. The Bertz CT molecular complexity index is 787. The molecule has 144 valence electrons. The summed E-state index contributed by atoms with van der Waals surface area (Å²) in [6.07, 6.45) is 1.12. The highest BCUT2D eigenvalue weighted by Gasteiger charge is 2.18. The lowest BCUT2D eigenvalue weighted by Crippen LogP contribution is -2.32. The lowest BCUT2D eigenvalue weighted by Gasteiger charge is -2.23. The first-order chi connectivity index (χ1) is 13.0. The molecule has 27 heavy (non-hydrogen) atoms. The van der Waals surface area contributed by atoms with Crippen molar-refractivity contribution in [1.29, 1.82) is 0 Å². The highest BCUT2D eigenvalue weighted by molar-refractivity contribution is 5.95. The molecule has 2 rings (SSSR count). The van der Waals surface area contributed by atoms with Crippen LogP contribution in [0.1, 0.15) is 25.8 Å². The van der Waals surface area contributed by atoms with Crippen molar-refractivity contribution in [3.8, 4) is 11.5 Å².